The van der Waals surface area contributed by atoms with Crippen molar-refractivity contribution in [2.45, 2.75) is 0 Å². The molecule has 0 atom stereocenters. The molecule has 0 radical (unpaired) electrons. The second kappa shape index (κ2) is 8.70. The molecule has 0 aliphatic carbocycles. The SMILES string of the molecule is COc1ccc(NC(=O)NC(=O)c2c(F)cccc2F)cc1-c1ccc(Cl)cc1. The minimum Gasteiger partial charge on any atom is -0.496 e. The van der Waals surface area contributed by atoms with Crippen LogP contribution in [0.4, 0.5) is 19.3 Å². The van der Waals surface area contributed by atoms with E-state index in [0.717, 1.165) is 23.8 Å². The monoisotopic (exact) mass is 416 g/mol. The highest BCUT2D eigenvalue weighted by molar-refractivity contribution is 6.30. The number of amides is 3. The third-order valence-corrected chi connectivity index (χ3v) is 4.28. The molecule has 148 valence electrons. The molecule has 0 heterocycles. The summed E-state index contributed by atoms with van der Waals surface area (Å²) in [6.45, 7) is 0. The lowest BCUT2D eigenvalue weighted by atomic mass is 10.0. The van der Waals surface area contributed by atoms with Crippen molar-refractivity contribution in [1.29, 1.82) is 0 Å². The number of methoxy groups -OCH3 is 1. The summed E-state index contributed by atoms with van der Waals surface area (Å²) in [5.41, 5.74) is 0.975. The highest BCUT2D eigenvalue weighted by atomic mass is 35.5. The highest BCUT2D eigenvalue weighted by Crippen LogP contribution is 2.33. The Morgan fingerprint density at radius 1 is 0.966 bits per heavy atom. The van der Waals surface area contributed by atoms with Crippen LogP contribution >= 0.6 is 11.6 Å². The van der Waals surface area contributed by atoms with E-state index in [-0.39, 0.29) is 0 Å². The van der Waals surface area contributed by atoms with Crippen LogP contribution in [0.25, 0.3) is 11.1 Å². The van der Waals surface area contributed by atoms with Gasteiger partial charge in [-0.3, -0.25) is 10.1 Å². The first-order valence-electron chi connectivity index (χ1n) is 8.39. The molecule has 0 aliphatic rings. The molecule has 3 aromatic rings. The van der Waals surface area contributed by atoms with Crippen molar-refractivity contribution >= 4 is 29.2 Å². The quantitative estimate of drug-likeness (QED) is 0.610. The smallest absolute Gasteiger partial charge is 0.326 e. The molecule has 5 nitrogen and oxygen atoms in total. The van der Waals surface area contributed by atoms with Gasteiger partial charge in [0.2, 0.25) is 0 Å². The number of benzene rings is 3. The van der Waals surface area contributed by atoms with Crippen LogP contribution in [0.1, 0.15) is 10.4 Å². The standard InChI is InChI=1S/C21H15ClF2N2O3/c1-29-18-10-9-14(11-15(18)12-5-7-13(22)8-6-12)25-21(28)26-20(27)19-16(23)3-2-4-17(19)24/h2-11H,1H3,(H2,25,26,27,28). The van der Waals surface area contributed by atoms with E-state index < -0.39 is 29.1 Å². The van der Waals surface area contributed by atoms with E-state index in [4.69, 9.17) is 16.3 Å². The number of hydrogen-bond acceptors (Lipinski definition) is 3. The van der Waals surface area contributed by atoms with Gasteiger partial charge in [-0.25, -0.2) is 13.6 Å². The van der Waals surface area contributed by atoms with Crippen molar-refractivity contribution in [3.8, 4) is 16.9 Å². The lowest BCUT2D eigenvalue weighted by Gasteiger charge is -2.12. The molecule has 8 heteroatoms. The fourth-order valence-electron chi connectivity index (χ4n) is 2.68. The summed E-state index contributed by atoms with van der Waals surface area (Å²) in [6.07, 6.45) is 0. The van der Waals surface area contributed by atoms with Crippen molar-refractivity contribution in [2.24, 2.45) is 0 Å². The zero-order valence-electron chi connectivity index (χ0n) is 15.1. The predicted molar refractivity (Wildman–Crippen MR) is 106 cm³/mol. The van der Waals surface area contributed by atoms with Gasteiger partial charge < -0.3 is 10.1 Å². The molecule has 0 unspecified atom stereocenters. The summed E-state index contributed by atoms with van der Waals surface area (Å²) < 4.78 is 32.7. The summed E-state index contributed by atoms with van der Waals surface area (Å²) in [6, 6.07) is 13.9. The van der Waals surface area contributed by atoms with Gasteiger partial charge in [-0.15, -0.1) is 0 Å². The zero-order chi connectivity index (χ0) is 21.0. The first-order valence-corrected chi connectivity index (χ1v) is 8.77. The topological polar surface area (TPSA) is 67.4 Å². The Bertz CT molecular complexity index is 1050. The molecule has 29 heavy (non-hydrogen) atoms. The van der Waals surface area contributed by atoms with E-state index >= 15 is 0 Å². The molecular formula is C21H15ClF2N2O3. The summed E-state index contributed by atoms with van der Waals surface area (Å²) in [4.78, 5) is 24.2. The van der Waals surface area contributed by atoms with Crippen LogP contribution in [0.3, 0.4) is 0 Å². The fourth-order valence-corrected chi connectivity index (χ4v) is 2.81. The van der Waals surface area contributed by atoms with Crippen LogP contribution in [-0.4, -0.2) is 19.0 Å². The first kappa shape index (κ1) is 20.3. The van der Waals surface area contributed by atoms with Crippen molar-refractivity contribution < 1.29 is 23.1 Å². The Balaban J connectivity index is 1.79. The van der Waals surface area contributed by atoms with Gasteiger partial charge in [0.25, 0.3) is 5.91 Å². The predicted octanol–water partition coefficient (Wildman–Crippen LogP) is 5.26. The van der Waals surface area contributed by atoms with Crippen LogP contribution in [0, 0.1) is 11.6 Å². The summed E-state index contributed by atoms with van der Waals surface area (Å²) in [7, 11) is 1.51. The molecule has 2 N–H and O–H groups in total. The number of anilines is 1. The van der Waals surface area contributed by atoms with Gasteiger partial charge >= 0.3 is 6.03 Å². The van der Waals surface area contributed by atoms with E-state index in [9.17, 15) is 18.4 Å². The lowest BCUT2D eigenvalue weighted by Crippen LogP contribution is -2.35. The molecule has 3 aromatic carbocycles. The van der Waals surface area contributed by atoms with Gasteiger partial charge in [-0.05, 0) is 48.0 Å². The number of carbonyl (C=O) groups excluding carboxylic acids is 2. The van der Waals surface area contributed by atoms with Gasteiger partial charge in [-0.2, -0.15) is 0 Å². The van der Waals surface area contributed by atoms with Gasteiger partial charge in [0.15, 0.2) is 0 Å². The number of rotatable bonds is 4. The molecule has 3 amide bonds. The number of ether oxygens (including phenoxy) is 1. The molecule has 0 saturated carbocycles. The molecule has 0 bridgehead atoms. The Hall–Kier alpha value is -3.45. The molecule has 0 saturated heterocycles. The van der Waals surface area contributed by atoms with Gasteiger partial charge in [0.05, 0.1) is 7.11 Å². The number of hydrogen-bond donors (Lipinski definition) is 2. The fraction of sp³-hybridized carbons (Fsp3) is 0.0476. The van der Waals surface area contributed by atoms with E-state index in [2.05, 4.69) is 5.32 Å². The summed E-state index contributed by atoms with van der Waals surface area (Å²) in [5, 5.41) is 4.93. The number of urea groups is 1. The second-order valence-corrected chi connectivity index (χ2v) is 6.36. The molecule has 0 aliphatic heterocycles. The number of halogens is 3. The average molecular weight is 417 g/mol. The molecule has 0 aromatic heterocycles. The third-order valence-electron chi connectivity index (χ3n) is 4.03. The number of nitrogens with one attached hydrogen (secondary N) is 2. The van der Waals surface area contributed by atoms with E-state index in [1.165, 1.54) is 7.11 Å². The average Bonchev–Trinajstić information content (AvgIpc) is 2.68. The normalized spacial score (nSPS) is 10.3. The Kier molecular flexibility index (Phi) is 6.09. The number of imide groups is 1. The van der Waals surface area contributed by atoms with Gasteiger partial charge in [0, 0.05) is 16.3 Å². The molecule has 0 spiro atoms. The van der Waals surface area contributed by atoms with Gasteiger partial charge in [0.1, 0.15) is 22.9 Å². The van der Waals surface area contributed by atoms with E-state index in [1.54, 1.807) is 42.5 Å². The van der Waals surface area contributed by atoms with Crippen molar-refractivity contribution in [3.05, 3.63) is 82.9 Å². The van der Waals surface area contributed by atoms with Crippen LogP contribution in [0.5, 0.6) is 5.75 Å². The zero-order valence-corrected chi connectivity index (χ0v) is 15.9. The molecule has 0 fully saturated rings. The Morgan fingerprint density at radius 3 is 2.24 bits per heavy atom. The highest BCUT2D eigenvalue weighted by Gasteiger charge is 2.19. The summed E-state index contributed by atoms with van der Waals surface area (Å²) in [5.74, 6) is -2.76. The Labute approximate surface area is 170 Å². The maximum Gasteiger partial charge on any atom is 0.326 e. The van der Waals surface area contributed by atoms with Crippen LogP contribution in [-0.2, 0) is 0 Å². The lowest BCUT2D eigenvalue weighted by molar-refractivity contribution is 0.0959. The van der Waals surface area contributed by atoms with Crippen molar-refractivity contribution in [3.63, 3.8) is 0 Å². The van der Waals surface area contributed by atoms with Crippen molar-refractivity contribution in [2.75, 3.05) is 12.4 Å². The van der Waals surface area contributed by atoms with Crippen molar-refractivity contribution in [1.82, 2.24) is 5.32 Å². The van der Waals surface area contributed by atoms with Crippen LogP contribution in [0.15, 0.2) is 60.7 Å². The maximum atomic E-state index is 13.7. The third kappa shape index (κ3) is 4.70. The van der Waals surface area contributed by atoms with Crippen LogP contribution in [0.2, 0.25) is 5.02 Å². The molecular weight excluding hydrogens is 402 g/mol. The molecule has 3 rings (SSSR count). The van der Waals surface area contributed by atoms with E-state index in [0.29, 0.717) is 22.0 Å². The van der Waals surface area contributed by atoms with Crippen LogP contribution < -0.4 is 15.4 Å². The largest absolute Gasteiger partial charge is 0.496 e. The minimum atomic E-state index is -1.19. The Morgan fingerprint density at radius 2 is 1.62 bits per heavy atom. The first-order chi connectivity index (χ1) is 13.9. The minimum absolute atomic E-state index is 0.343. The number of carbonyl (C=O) groups is 2. The second-order valence-electron chi connectivity index (χ2n) is 5.93. The summed E-state index contributed by atoms with van der Waals surface area (Å²) >= 11 is 5.91. The van der Waals surface area contributed by atoms with Gasteiger partial charge in [-0.1, -0.05) is 29.8 Å². The maximum absolute atomic E-state index is 13.7. The van der Waals surface area contributed by atoms with E-state index in [1.807, 2.05) is 5.32 Å².